The summed E-state index contributed by atoms with van der Waals surface area (Å²) in [5, 5.41) is 7.81. The van der Waals surface area contributed by atoms with Crippen molar-refractivity contribution in [1.82, 2.24) is 24.7 Å². The quantitative estimate of drug-likeness (QED) is 0.101. The maximum Gasteiger partial charge on any atom is 0.417 e. The number of hydrogen-bond donors (Lipinski definition) is 0. The van der Waals surface area contributed by atoms with Gasteiger partial charge in [-0.3, -0.25) is 0 Å². The van der Waals surface area contributed by atoms with Crippen molar-refractivity contribution in [1.29, 1.82) is 0 Å². The number of ether oxygens (including phenoxy) is 1. The van der Waals surface area contributed by atoms with Gasteiger partial charge in [0, 0.05) is 18.0 Å². The first-order valence-electron chi connectivity index (χ1n) is 13.3. The van der Waals surface area contributed by atoms with Gasteiger partial charge in [-0.1, -0.05) is 31.5 Å². The van der Waals surface area contributed by atoms with Crippen LogP contribution in [0.25, 0.3) is 34.0 Å². The normalized spacial score (nSPS) is 12.8. The van der Waals surface area contributed by atoms with E-state index in [-0.39, 0.29) is 35.4 Å². The Kier molecular flexibility index (Phi) is 8.35. The van der Waals surface area contributed by atoms with Gasteiger partial charge in [0.2, 0.25) is 0 Å². The average Bonchev–Trinajstić information content (AvgIpc) is 3.40. The number of nitrogens with zero attached hydrogens (tertiary/aromatic N) is 5. The Balaban J connectivity index is 1.54. The van der Waals surface area contributed by atoms with Crippen LogP contribution in [0.15, 0.2) is 73.1 Å². The molecule has 1 atom stereocenters. The number of carbonyl (C=O) groups excluding carboxylic acids is 1. The van der Waals surface area contributed by atoms with Crippen molar-refractivity contribution in [3.05, 3.63) is 95.7 Å². The molecular weight excluding hydrogens is 595 g/mol. The van der Waals surface area contributed by atoms with Crippen LogP contribution in [0.4, 0.5) is 30.7 Å². The molecule has 44 heavy (non-hydrogen) atoms. The smallest absolute Gasteiger partial charge is 0.417 e. The van der Waals surface area contributed by atoms with Gasteiger partial charge in [-0.05, 0) is 48.9 Å². The van der Waals surface area contributed by atoms with E-state index in [2.05, 4.69) is 20.2 Å². The maximum absolute atomic E-state index is 14.3. The minimum absolute atomic E-state index is 0.0142. The number of rotatable bonds is 8. The zero-order valence-electron chi connectivity index (χ0n) is 22.8. The van der Waals surface area contributed by atoms with E-state index in [1.54, 1.807) is 12.1 Å². The third kappa shape index (κ3) is 6.38. The highest BCUT2D eigenvalue weighted by molar-refractivity contribution is 5.78. The van der Waals surface area contributed by atoms with Crippen LogP contribution in [0.1, 0.15) is 42.6 Å². The van der Waals surface area contributed by atoms with Crippen molar-refractivity contribution in [2.45, 2.75) is 38.2 Å². The molecule has 2 aromatic carbocycles. The number of benzene rings is 2. The van der Waals surface area contributed by atoms with Gasteiger partial charge in [-0.15, -0.1) is 0 Å². The fourth-order valence-corrected chi connectivity index (χ4v) is 4.45. The number of carbonyl (C=O) groups is 1. The molecule has 1 unspecified atom stereocenters. The zero-order chi connectivity index (χ0) is 31.6. The highest BCUT2D eigenvalue weighted by atomic mass is 19.4. The Bertz CT molecular complexity index is 1750. The second-order valence-corrected chi connectivity index (χ2v) is 9.71. The molecule has 228 valence electrons. The van der Waals surface area contributed by atoms with Crippen LogP contribution in [0.5, 0.6) is 0 Å². The van der Waals surface area contributed by atoms with Gasteiger partial charge in [-0.25, -0.2) is 19.2 Å². The van der Waals surface area contributed by atoms with Crippen molar-refractivity contribution >= 4 is 5.97 Å². The minimum atomic E-state index is -5.12. The van der Waals surface area contributed by atoms with E-state index in [1.165, 1.54) is 41.2 Å². The summed E-state index contributed by atoms with van der Waals surface area (Å²) < 4.78 is 102. The molecule has 0 aliphatic carbocycles. The summed E-state index contributed by atoms with van der Waals surface area (Å²) in [6.45, 7) is 1.99. The molecule has 5 rings (SSSR count). The first-order valence-corrected chi connectivity index (χ1v) is 13.3. The van der Waals surface area contributed by atoms with E-state index < -0.39 is 46.9 Å². The molecule has 2 aliphatic heterocycles. The van der Waals surface area contributed by atoms with E-state index in [0.717, 1.165) is 12.5 Å². The van der Waals surface area contributed by atoms with Crippen molar-refractivity contribution in [3.8, 4) is 34.0 Å². The Morgan fingerprint density at radius 2 is 1.61 bits per heavy atom. The van der Waals surface area contributed by atoms with Crippen LogP contribution in [0.3, 0.4) is 0 Å². The Labute approximate surface area is 245 Å². The summed E-state index contributed by atoms with van der Waals surface area (Å²) in [4.78, 5) is 22.0. The molecule has 0 radical (unpaired) electrons. The lowest BCUT2D eigenvalue weighted by atomic mass is 10.00. The van der Waals surface area contributed by atoms with Crippen LogP contribution in [-0.2, 0) is 21.9 Å². The van der Waals surface area contributed by atoms with Crippen molar-refractivity contribution in [2.75, 3.05) is 6.61 Å². The van der Waals surface area contributed by atoms with Crippen LogP contribution in [0.2, 0.25) is 0 Å². The molecular formula is C30H22F7N5O2. The number of aromatic nitrogens is 5. The van der Waals surface area contributed by atoms with Crippen molar-refractivity contribution in [3.63, 3.8) is 0 Å². The first kappa shape index (κ1) is 30.6. The molecule has 14 heteroatoms. The summed E-state index contributed by atoms with van der Waals surface area (Å²) in [5.74, 6) is -1.14. The molecule has 0 fully saturated rings. The molecule has 0 amide bonds. The standard InChI is InChI=1S/C30H22F7N5O2/c1-2-3-14-44-28(43)26(42-13-12-23-25(16-42)39-27(38-23)19-6-4-5-7-21(19)31)24-11-10-22(40-41-24)18-9-8-17(29(32,33)34)15-20(18)30(35,36)37/h4-13,15-16,26H,2-3,14H2,1H3. The topological polar surface area (TPSA) is 82.8 Å². The van der Waals surface area contributed by atoms with Gasteiger partial charge in [0.05, 0.1) is 40.4 Å². The van der Waals surface area contributed by atoms with Crippen LogP contribution in [-0.4, -0.2) is 37.3 Å². The molecule has 7 nitrogen and oxygen atoms in total. The Hall–Kier alpha value is -4.88. The summed E-state index contributed by atoms with van der Waals surface area (Å²) in [5.41, 5.74) is -3.11. The number of hydrogen-bond acceptors (Lipinski definition) is 6. The lowest BCUT2D eigenvalue weighted by Gasteiger charge is -2.20. The van der Waals surface area contributed by atoms with Crippen molar-refractivity contribution in [2.24, 2.45) is 0 Å². The molecule has 0 spiro atoms. The number of imidazole rings is 1. The molecule has 0 saturated heterocycles. The number of fused-ring (bicyclic) bond motifs is 1. The summed E-state index contributed by atoms with van der Waals surface area (Å²) >= 11 is 0. The molecule has 1 aromatic heterocycles. The molecule has 2 aliphatic rings. The second kappa shape index (κ2) is 12.0. The highest BCUT2D eigenvalue weighted by Gasteiger charge is 2.39. The third-order valence-corrected chi connectivity index (χ3v) is 6.66. The van der Waals surface area contributed by atoms with E-state index >= 15 is 0 Å². The SMILES string of the molecule is CCCCOC(=O)C(c1ccc(-c2ccc(C(F)(F)F)cc2C(F)(F)F)nn1)n1ccc2nc(-c3ccccc3F)nc-2c1. The predicted octanol–water partition coefficient (Wildman–Crippen LogP) is 7.62. The molecule has 0 N–H and O–H groups in total. The van der Waals surface area contributed by atoms with Gasteiger partial charge < -0.3 is 9.30 Å². The molecule has 3 aromatic rings. The Morgan fingerprint density at radius 3 is 2.27 bits per heavy atom. The van der Waals surface area contributed by atoms with Gasteiger partial charge in [0.25, 0.3) is 0 Å². The molecule has 0 bridgehead atoms. The van der Waals surface area contributed by atoms with Crippen molar-refractivity contribution < 1.29 is 40.3 Å². The maximum atomic E-state index is 14.3. The van der Waals surface area contributed by atoms with Crippen LogP contribution >= 0.6 is 0 Å². The van der Waals surface area contributed by atoms with E-state index in [0.29, 0.717) is 29.9 Å². The van der Waals surface area contributed by atoms with Crippen LogP contribution < -0.4 is 0 Å². The number of unbranched alkanes of at least 4 members (excludes halogenated alkanes) is 1. The lowest BCUT2D eigenvalue weighted by molar-refractivity contribution is -0.146. The zero-order valence-corrected chi connectivity index (χ0v) is 22.8. The lowest BCUT2D eigenvalue weighted by Crippen LogP contribution is -2.25. The van der Waals surface area contributed by atoms with E-state index in [1.807, 2.05) is 6.92 Å². The van der Waals surface area contributed by atoms with Gasteiger partial charge >= 0.3 is 18.3 Å². The van der Waals surface area contributed by atoms with E-state index in [9.17, 15) is 35.5 Å². The summed E-state index contributed by atoms with van der Waals surface area (Å²) in [6, 6.07) is 9.80. The predicted molar refractivity (Wildman–Crippen MR) is 144 cm³/mol. The number of alkyl halides is 6. The average molecular weight is 618 g/mol. The summed E-state index contributed by atoms with van der Waals surface area (Å²) in [6.07, 6.45) is -5.84. The fraction of sp³-hybridized carbons (Fsp3) is 0.233. The molecule has 0 saturated carbocycles. The van der Waals surface area contributed by atoms with Gasteiger partial charge in [0.1, 0.15) is 11.5 Å². The second-order valence-electron chi connectivity index (χ2n) is 9.71. The summed E-state index contributed by atoms with van der Waals surface area (Å²) in [7, 11) is 0. The van der Waals surface area contributed by atoms with Crippen LogP contribution in [0, 0.1) is 5.82 Å². The highest BCUT2D eigenvalue weighted by Crippen LogP contribution is 2.40. The first-order chi connectivity index (χ1) is 20.9. The monoisotopic (exact) mass is 617 g/mol. The number of pyridine rings is 1. The number of esters is 1. The van der Waals surface area contributed by atoms with E-state index in [4.69, 9.17) is 4.74 Å². The largest absolute Gasteiger partial charge is 0.464 e. The molecule has 3 heterocycles. The number of halogens is 7. The Morgan fingerprint density at radius 1 is 0.864 bits per heavy atom. The minimum Gasteiger partial charge on any atom is -0.464 e. The third-order valence-electron chi connectivity index (χ3n) is 6.66. The fourth-order valence-electron chi connectivity index (χ4n) is 4.45. The van der Waals surface area contributed by atoms with Gasteiger partial charge in [-0.2, -0.15) is 36.5 Å². The van der Waals surface area contributed by atoms with Gasteiger partial charge in [0.15, 0.2) is 11.9 Å².